The zero-order valence-electron chi connectivity index (χ0n) is 15.6. The lowest BCUT2D eigenvalue weighted by atomic mass is 9.97. The maximum atomic E-state index is 6.40. The molecule has 0 aromatic heterocycles. The summed E-state index contributed by atoms with van der Waals surface area (Å²) in [5.41, 5.74) is 3.94. The van der Waals surface area contributed by atoms with Crippen molar-refractivity contribution in [3.63, 3.8) is 0 Å². The molecule has 0 unspecified atom stereocenters. The van der Waals surface area contributed by atoms with Gasteiger partial charge < -0.3 is 9.47 Å². The Balaban J connectivity index is 1.68. The molecule has 3 nitrogen and oxygen atoms in total. The lowest BCUT2D eigenvalue weighted by Crippen LogP contribution is -2.50. The predicted octanol–water partition coefficient (Wildman–Crippen LogP) is 4.29. The molecule has 2 aromatic carbocycles. The molecule has 0 amide bonds. The fourth-order valence-electron chi connectivity index (χ4n) is 3.79. The second kappa shape index (κ2) is 7.18. The van der Waals surface area contributed by atoms with Gasteiger partial charge in [-0.2, -0.15) is 0 Å². The summed E-state index contributed by atoms with van der Waals surface area (Å²) in [4.78, 5) is 1.27. The van der Waals surface area contributed by atoms with E-state index in [9.17, 15) is 0 Å². The Bertz CT molecular complexity index is 813. The lowest BCUT2D eigenvalue weighted by molar-refractivity contribution is -0.595. The van der Waals surface area contributed by atoms with Gasteiger partial charge in [-0.05, 0) is 49.4 Å². The van der Waals surface area contributed by atoms with Gasteiger partial charge in [-0.15, -0.1) is 11.8 Å². The molecular weight excluding hydrogens is 342 g/mol. The van der Waals surface area contributed by atoms with Crippen molar-refractivity contribution < 1.29 is 14.0 Å². The number of hydrogen-bond donors (Lipinski definition) is 0. The van der Waals surface area contributed by atoms with E-state index in [-0.39, 0.29) is 12.1 Å². The van der Waals surface area contributed by atoms with Crippen LogP contribution in [0.15, 0.2) is 53.4 Å². The van der Waals surface area contributed by atoms with Gasteiger partial charge in [0.1, 0.15) is 19.3 Å². The normalized spacial score (nSPS) is 24.7. The first-order valence-corrected chi connectivity index (χ1v) is 10.4. The molecule has 0 spiro atoms. The molecule has 4 heteroatoms. The van der Waals surface area contributed by atoms with Gasteiger partial charge in [0, 0.05) is 16.9 Å². The van der Waals surface area contributed by atoms with Gasteiger partial charge in [-0.3, -0.25) is 0 Å². The van der Waals surface area contributed by atoms with Crippen LogP contribution in [0.5, 0.6) is 0 Å². The Morgan fingerprint density at radius 1 is 1.08 bits per heavy atom. The smallest absolute Gasteiger partial charge is 0.206 e. The number of fused-ring (bicyclic) bond motifs is 1. The monoisotopic (exact) mass is 368 g/mol. The molecule has 1 fully saturated rings. The van der Waals surface area contributed by atoms with Crippen LogP contribution in [0.3, 0.4) is 0 Å². The van der Waals surface area contributed by atoms with E-state index in [2.05, 4.69) is 65.6 Å². The van der Waals surface area contributed by atoms with E-state index >= 15 is 0 Å². The van der Waals surface area contributed by atoms with Gasteiger partial charge in [0.15, 0.2) is 12.0 Å². The highest BCUT2D eigenvalue weighted by atomic mass is 32.2. The van der Waals surface area contributed by atoms with Crippen molar-refractivity contribution >= 4 is 18.0 Å². The van der Waals surface area contributed by atoms with Crippen LogP contribution in [0.1, 0.15) is 36.6 Å². The maximum Gasteiger partial charge on any atom is 0.206 e. The van der Waals surface area contributed by atoms with Crippen LogP contribution >= 0.6 is 11.8 Å². The lowest BCUT2D eigenvalue weighted by Gasteiger charge is -2.39. The topological polar surface area (TPSA) is 21.5 Å². The summed E-state index contributed by atoms with van der Waals surface area (Å²) in [5, 5.41) is 0. The Morgan fingerprint density at radius 2 is 1.85 bits per heavy atom. The third-order valence-corrected chi connectivity index (χ3v) is 5.98. The Labute approximate surface area is 160 Å². The van der Waals surface area contributed by atoms with Crippen molar-refractivity contribution in [2.24, 2.45) is 0 Å². The molecule has 1 saturated heterocycles. The molecular formula is C22H26NO2S+. The van der Waals surface area contributed by atoms with Gasteiger partial charge in [-0.1, -0.05) is 30.3 Å². The van der Waals surface area contributed by atoms with Gasteiger partial charge in [0.05, 0.1) is 0 Å². The van der Waals surface area contributed by atoms with Crippen molar-refractivity contribution in [3.05, 3.63) is 65.2 Å². The zero-order valence-corrected chi connectivity index (χ0v) is 16.5. The summed E-state index contributed by atoms with van der Waals surface area (Å²) in [5.74, 6) is -0.562. The molecule has 0 N–H and O–H groups in total. The Hall–Kier alpha value is -1.62. The molecule has 0 bridgehead atoms. The van der Waals surface area contributed by atoms with Crippen molar-refractivity contribution in [1.82, 2.24) is 0 Å². The van der Waals surface area contributed by atoms with E-state index in [4.69, 9.17) is 9.47 Å². The first-order chi connectivity index (χ1) is 12.6. The number of rotatable bonds is 3. The van der Waals surface area contributed by atoms with E-state index in [1.807, 2.05) is 13.8 Å². The largest absolute Gasteiger partial charge is 0.343 e. The van der Waals surface area contributed by atoms with Crippen LogP contribution in [0, 0.1) is 0 Å². The van der Waals surface area contributed by atoms with Crippen LogP contribution in [0.2, 0.25) is 0 Å². The summed E-state index contributed by atoms with van der Waals surface area (Å²) in [7, 11) is 0. The maximum absolute atomic E-state index is 6.40. The summed E-state index contributed by atoms with van der Waals surface area (Å²) in [6, 6.07) is 17.6. The third-order valence-electron chi connectivity index (χ3n) is 5.23. The first kappa shape index (κ1) is 17.8. The summed E-state index contributed by atoms with van der Waals surface area (Å²) < 4.78 is 14.8. The van der Waals surface area contributed by atoms with Crippen molar-refractivity contribution in [2.45, 2.75) is 43.1 Å². The van der Waals surface area contributed by atoms with E-state index in [0.29, 0.717) is 6.61 Å². The van der Waals surface area contributed by atoms with Gasteiger partial charge in [0.25, 0.3) is 0 Å². The average Bonchev–Trinajstić information content (AvgIpc) is 2.67. The van der Waals surface area contributed by atoms with E-state index in [0.717, 1.165) is 13.0 Å². The van der Waals surface area contributed by atoms with Gasteiger partial charge >= 0.3 is 0 Å². The van der Waals surface area contributed by atoms with Crippen molar-refractivity contribution in [3.8, 4) is 0 Å². The van der Waals surface area contributed by atoms with Crippen molar-refractivity contribution in [2.75, 3.05) is 19.4 Å². The number of benzene rings is 2. The second-order valence-corrected chi connectivity index (χ2v) is 8.29. The number of hydrogen-bond acceptors (Lipinski definition) is 3. The molecule has 2 aliphatic rings. The van der Waals surface area contributed by atoms with Crippen LogP contribution in [-0.4, -0.2) is 42.0 Å². The number of ether oxygens (including phenoxy) is 2. The molecule has 0 saturated carbocycles. The molecule has 4 rings (SSSR count). The minimum atomic E-state index is -0.562. The fourth-order valence-corrected chi connectivity index (χ4v) is 4.20. The molecule has 2 heterocycles. The molecule has 2 aromatic rings. The highest BCUT2D eigenvalue weighted by Crippen LogP contribution is 2.35. The highest BCUT2D eigenvalue weighted by molar-refractivity contribution is 7.98. The van der Waals surface area contributed by atoms with Crippen LogP contribution in [0.4, 0.5) is 0 Å². The number of nitrogens with zero attached hydrogens (tertiary/aromatic N) is 1. The summed E-state index contributed by atoms with van der Waals surface area (Å²) in [6.07, 6.45) is 5.44. The predicted molar refractivity (Wildman–Crippen MR) is 106 cm³/mol. The highest BCUT2D eigenvalue weighted by Gasteiger charge is 2.43. The van der Waals surface area contributed by atoms with Crippen LogP contribution in [0.25, 0.3) is 0 Å². The zero-order chi connectivity index (χ0) is 18.1. The SMILES string of the molecule is CSc1ccc([C@@H]2OC(C)(C)OC[C@@H]2[N+]2=Cc3ccccc3CC2)cc1. The van der Waals surface area contributed by atoms with E-state index in [1.54, 1.807) is 11.8 Å². The third kappa shape index (κ3) is 3.59. The van der Waals surface area contributed by atoms with Crippen LogP contribution < -0.4 is 0 Å². The molecule has 26 heavy (non-hydrogen) atoms. The molecule has 2 aliphatic heterocycles. The summed E-state index contributed by atoms with van der Waals surface area (Å²) in [6.45, 7) is 5.66. The van der Waals surface area contributed by atoms with E-state index in [1.165, 1.54) is 21.6 Å². The molecule has 0 aliphatic carbocycles. The van der Waals surface area contributed by atoms with Crippen molar-refractivity contribution in [1.29, 1.82) is 0 Å². The van der Waals surface area contributed by atoms with Gasteiger partial charge in [-0.25, -0.2) is 4.58 Å². The van der Waals surface area contributed by atoms with Gasteiger partial charge in [0.2, 0.25) is 6.04 Å². The van der Waals surface area contributed by atoms with E-state index < -0.39 is 5.79 Å². The fraction of sp³-hybridized carbons (Fsp3) is 0.409. The van der Waals surface area contributed by atoms with Crippen LogP contribution in [-0.2, 0) is 15.9 Å². The minimum absolute atomic E-state index is 0.00355. The molecule has 136 valence electrons. The Kier molecular flexibility index (Phi) is 4.91. The molecule has 0 radical (unpaired) electrons. The number of thioether (sulfide) groups is 1. The quantitative estimate of drug-likeness (QED) is 0.596. The Morgan fingerprint density at radius 3 is 2.62 bits per heavy atom. The second-order valence-electron chi connectivity index (χ2n) is 7.41. The standard InChI is InChI=1S/C22H26NO2S/c1-22(2)24-15-20(21(25-22)17-8-10-19(26-3)11-9-17)23-13-12-16-6-4-5-7-18(16)14-23/h4-11,14,20-21H,12-13,15H2,1-3H3/q+1/t20-,21-/m0/s1. The molecule has 2 atom stereocenters. The minimum Gasteiger partial charge on any atom is -0.343 e. The summed E-state index contributed by atoms with van der Waals surface area (Å²) >= 11 is 1.76. The first-order valence-electron chi connectivity index (χ1n) is 9.20. The average molecular weight is 369 g/mol.